The SMILES string of the molecule is C[CH]CCl. The minimum Gasteiger partial charge on any atom is -0.126 e. The van der Waals surface area contributed by atoms with Crippen LogP contribution in [0.3, 0.4) is 0 Å². The van der Waals surface area contributed by atoms with Crippen molar-refractivity contribution in [1.82, 2.24) is 0 Å². The molecule has 0 nitrogen and oxygen atoms in total. The highest BCUT2D eigenvalue weighted by Gasteiger charge is 1.59. The lowest BCUT2D eigenvalue weighted by Crippen LogP contribution is -1.57. The van der Waals surface area contributed by atoms with E-state index in [1.54, 1.807) is 0 Å². The summed E-state index contributed by atoms with van der Waals surface area (Å²) in [7, 11) is 0. The third kappa shape index (κ3) is 2.29. The molecule has 0 aromatic rings. The minimum atomic E-state index is 0.667. The van der Waals surface area contributed by atoms with Gasteiger partial charge < -0.3 is 0 Å². The van der Waals surface area contributed by atoms with E-state index in [9.17, 15) is 0 Å². The van der Waals surface area contributed by atoms with E-state index in [1.807, 2.05) is 13.3 Å². The van der Waals surface area contributed by atoms with Crippen molar-refractivity contribution in [2.45, 2.75) is 6.92 Å². The molecule has 0 fully saturated rings. The molecule has 25 valence electrons. The van der Waals surface area contributed by atoms with Crippen molar-refractivity contribution in [3.8, 4) is 0 Å². The van der Waals surface area contributed by atoms with Gasteiger partial charge in [0, 0.05) is 5.88 Å². The fourth-order valence-corrected chi connectivity index (χ4v) is 0. The lowest BCUT2D eigenvalue weighted by atomic mass is 10.6. The number of hydrogen-bond donors (Lipinski definition) is 0. The van der Waals surface area contributed by atoms with E-state index in [0.717, 1.165) is 0 Å². The summed E-state index contributed by atoms with van der Waals surface area (Å²) in [4.78, 5) is 0. The van der Waals surface area contributed by atoms with Gasteiger partial charge in [-0.1, -0.05) is 6.92 Å². The zero-order valence-electron chi connectivity index (χ0n) is 2.66. The molecule has 0 rings (SSSR count). The molecule has 0 bridgehead atoms. The fourth-order valence-electron chi connectivity index (χ4n) is 0. The summed E-state index contributed by atoms with van der Waals surface area (Å²) in [6.45, 7) is 1.92. The van der Waals surface area contributed by atoms with Crippen molar-refractivity contribution < 1.29 is 0 Å². The number of alkyl halides is 1. The Hall–Kier alpha value is 0.290. The molecule has 1 radical (unpaired) electrons. The molecule has 0 amide bonds. The smallest absolute Gasteiger partial charge is 0.0252 e. The minimum absolute atomic E-state index is 0.667. The summed E-state index contributed by atoms with van der Waals surface area (Å²) in [5.74, 6) is 0.667. The quantitative estimate of drug-likeness (QED) is 0.416. The Labute approximate surface area is 31.8 Å². The Bertz CT molecular complexity index is 5.25. The third-order valence-corrected chi connectivity index (χ3v) is 0.463. The molecule has 0 aromatic heterocycles. The van der Waals surface area contributed by atoms with E-state index in [1.165, 1.54) is 0 Å². The van der Waals surface area contributed by atoms with Crippen LogP contribution in [0.25, 0.3) is 0 Å². The Balaban J connectivity index is 1.97. The molecule has 0 saturated carbocycles. The maximum Gasteiger partial charge on any atom is 0.0252 e. The van der Waals surface area contributed by atoms with Gasteiger partial charge >= 0.3 is 0 Å². The molecule has 0 aliphatic carbocycles. The summed E-state index contributed by atoms with van der Waals surface area (Å²) in [5.41, 5.74) is 0. The van der Waals surface area contributed by atoms with Crippen LogP contribution in [0.4, 0.5) is 0 Å². The van der Waals surface area contributed by atoms with Crippen molar-refractivity contribution in [2.75, 3.05) is 5.88 Å². The lowest BCUT2D eigenvalue weighted by molar-refractivity contribution is 1.42. The summed E-state index contributed by atoms with van der Waals surface area (Å²) in [6, 6.07) is 0. The van der Waals surface area contributed by atoms with Gasteiger partial charge in [0.05, 0.1) is 0 Å². The molecule has 0 atom stereocenters. The summed E-state index contributed by atoms with van der Waals surface area (Å²) in [6.07, 6.45) is 1.89. The predicted molar refractivity (Wildman–Crippen MR) is 20.7 cm³/mol. The van der Waals surface area contributed by atoms with Crippen molar-refractivity contribution in [3.05, 3.63) is 6.42 Å². The molecule has 1 heteroatoms. The van der Waals surface area contributed by atoms with Crippen LogP contribution in [-0.4, -0.2) is 5.88 Å². The molecule has 0 aromatic carbocycles. The fraction of sp³-hybridized carbons (Fsp3) is 0.667. The van der Waals surface area contributed by atoms with Gasteiger partial charge in [0.15, 0.2) is 0 Å². The average Bonchev–Trinajstić information content (AvgIpc) is 1.37. The molecular formula is C3H6Cl. The standard InChI is InChI=1S/C3H6Cl/c1-2-3-4/h2H,3H2,1H3. The van der Waals surface area contributed by atoms with Crippen molar-refractivity contribution in [2.24, 2.45) is 0 Å². The number of hydrogen-bond acceptors (Lipinski definition) is 0. The van der Waals surface area contributed by atoms with Crippen molar-refractivity contribution >= 4 is 11.6 Å². The topological polar surface area (TPSA) is 0 Å². The largest absolute Gasteiger partial charge is 0.126 e. The van der Waals surface area contributed by atoms with Gasteiger partial charge in [-0.2, -0.15) is 0 Å². The van der Waals surface area contributed by atoms with Gasteiger partial charge in [0.1, 0.15) is 0 Å². The molecule has 0 aliphatic rings. The van der Waals surface area contributed by atoms with Crippen LogP contribution in [0, 0.1) is 6.42 Å². The Kier molecular flexibility index (Phi) is 3.53. The molecular weight excluding hydrogens is 71.5 g/mol. The van der Waals surface area contributed by atoms with Crippen LogP contribution < -0.4 is 0 Å². The Morgan fingerprint density at radius 1 is 2.00 bits per heavy atom. The zero-order valence-corrected chi connectivity index (χ0v) is 3.42. The molecule has 0 unspecified atom stereocenters. The van der Waals surface area contributed by atoms with Gasteiger partial charge in [-0.25, -0.2) is 0 Å². The Morgan fingerprint density at radius 2 is 2.25 bits per heavy atom. The van der Waals surface area contributed by atoms with Gasteiger partial charge in [-0.3, -0.25) is 0 Å². The van der Waals surface area contributed by atoms with Crippen molar-refractivity contribution in [1.29, 1.82) is 0 Å². The van der Waals surface area contributed by atoms with E-state index in [0.29, 0.717) is 5.88 Å². The maximum absolute atomic E-state index is 5.13. The van der Waals surface area contributed by atoms with E-state index >= 15 is 0 Å². The maximum atomic E-state index is 5.13. The molecule has 0 spiro atoms. The number of rotatable bonds is 1. The van der Waals surface area contributed by atoms with Gasteiger partial charge in [0.25, 0.3) is 0 Å². The summed E-state index contributed by atoms with van der Waals surface area (Å²) < 4.78 is 0. The third-order valence-electron chi connectivity index (χ3n) is 0.154. The predicted octanol–water partition coefficient (Wildman–Crippen LogP) is 1.45. The first-order chi connectivity index (χ1) is 1.91. The van der Waals surface area contributed by atoms with Crippen molar-refractivity contribution in [3.63, 3.8) is 0 Å². The molecule has 0 saturated heterocycles. The zero-order chi connectivity index (χ0) is 3.41. The first kappa shape index (κ1) is 4.29. The van der Waals surface area contributed by atoms with Crippen LogP contribution in [0.2, 0.25) is 0 Å². The second-order valence-corrected chi connectivity index (χ2v) is 0.871. The highest BCUT2D eigenvalue weighted by atomic mass is 35.5. The molecule has 4 heavy (non-hydrogen) atoms. The second-order valence-electron chi connectivity index (χ2n) is 0.563. The van der Waals surface area contributed by atoms with Crippen LogP contribution in [0.15, 0.2) is 0 Å². The van der Waals surface area contributed by atoms with Crippen LogP contribution in [0.1, 0.15) is 6.92 Å². The Morgan fingerprint density at radius 3 is 2.25 bits per heavy atom. The highest BCUT2D eigenvalue weighted by Crippen LogP contribution is 1.73. The van der Waals surface area contributed by atoms with Gasteiger partial charge in [-0.15, -0.1) is 11.6 Å². The molecule has 0 heterocycles. The lowest BCUT2D eigenvalue weighted by Gasteiger charge is -1.65. The summed E-state index contributed by atoms with van der Waals surface area (Å²) in [5, 5.41) is 0. The van der Waals surface area contributed by atoms with E-state index in [4.69, 9.17) is 11.6 Å². The summed E-state index contributed by atoms with van der Waals surface area (Å²) >= 11 is 5.13. The molecule has 0 aliphatic heterocycles. The second kappa shape index (κ2) is 3.29. The van der Waals surface area contributed by atoms with E-state index in [2.05, 4.69) is 0 Å². The molecule has 0 N–H and O–H groups in total. The van der Waals surface area contributed by atoms with Crippen LogP contribution >= 0.6 is 11.6 Å². The van der Waals surface area contributed by atoms with Gasteiger partial charge in [0.2, 0.25) is 0 Å². The van der Waals surface area contributed by atoms with Gasteiger partial charge in [-0.05, 0) is 6.42 Å². The normalized spacial score (nSPS) is 7.50. The first-order valence-electron chi connectivity index (χ1n) is 1.25. The van der Waals surface area contributed by atoms with Crippen LogP contribution in [-0.2, 0) is 0 Å². The monoisotopic (exact) mass is 77.0 g/mol. The highest BCUT2D eigenvalue weighted by molar-refractivity contribution is 6.18. The first-order valence-corrected chi connectivity index (χ1v) is 1.79. The average molecular weight is 77.5 g/mol. The van der Waals surface area contributed by atoms with Crippen LogP contribution in [0.5, 0.6) is 0 Å². The van der Waals surface area contributed by atoms with E-state index in [-0.39, 0.29) is 0 Å². The number of halogens is 1. The van der Waals surface area contributed by atoms with E-state index < -0.39 is 0 Å².